The molecule has 23 heavy (non-hydrogen) atoms. The maximum Gasteiger partial charge on any atom is 0.162 e. The highest BCUT2D eigenvalue weighted by Gasteiger charge is 2.27. The smallest absolute Gasteiger partial charge is 0.162 e. The van der Waals surface area contributed by atoms with Gasteiger partial charge >= 0.3 is 0 Å². The summed E-state index contributed by atoms with van der Waals surface area (Å²) in [5, 5.41) is 0.969. The fourth-order valence-electron chi connectivity index (χ4n) is 3.66. The third-order valence-corrected chi connectivity index (χ3v) is 4.86. The number of anilines is 1. The normalized spacial score (nSPS) is 20.9. The summed E-state index contributed by atoms with van der Waals surface area (Å²) in [4.78, 5) is 17.7. The number of pyridine rings is 2. The topological polar surface area (TPSA) is 77.6 Å². The minimum atomic E-state index is 0.504. The van der Waals surface area contributed by atoms with Crippen LogP contribution in [0, 0.1) is 5.92 Å². The van der Waals surface area contributed by atoms with Gasteiger partial charge in [0.1, 0.15) is 5.82 Å². The standard InChI is InChI=1S/C18H19N5/c1-11-3-2-4-13(11)14-9-21-10-15-16(14)17(19)23-18(22-15)12-5-7-20-8-6-12/h5-11,13H,2-4H2,1H3,(H2,19,22,23). The van der Waals surface area contributed by atoms with Crippen LogP contribution in [0.4, 0.5) is 5.82 Å². The zero-order valence-electron chi connectivity index (χ0n) is 13.1. The van der Waals surface area contributed by atoms with Crippen molar-refractivity contribution in [3.8, 4) is 11.4 Å². The van der Waals surface area contributed by atoms with Gasteiger partial charge in [-0.3, -0.25) is 9.97 Å². The van der Waals surface area contributed by atoms with E-state index in [4.69, 9.17) is 5.73 Å². The van der Waals surface area contributed by atoms with Gasteiger partial charge in [0, 0.05) is 29.5 Å². The molecule has 2 unspecified atom stereocenters. The minimum absolute atomic E-state index is 0.504. The molecule has 3 aromatic rings. The molecule has 1 fully saturated rings. The summed E-state index contributed by atoms with van der Waals surface area (Å²) in [5.41, 5.74) is 9.24. The van der Waals surface area contributed by atoms with Gasteiger partial charge in [-0.05, 0) is 36.0 Å². The first-order valence-corrected chi connectivity index (χ1v) is 8.05. The number of fused-ring (bicyclic) bond motifs is 1. The third kappa shape index (κ3) is 2.42. The van der Waals surface area contributed by atoms with Crippen LogP contribution in [-0.2, 0) is 0 Å². The van der Waals surface area contributed by atoms with Crippen LogP contribution < -0.4 is 5.73 Å². The van der Waals surface area contributed by atoms with Crippen LogP contribution in [0.15, 0.2) is 36.9 Å². The van der Waals surface area contributed by atoms with Crippen molar-refractivity contribution in [2.75, 3.05) is 5.73 Å². The molecular weight excluding hydrogens is 286 g/mol. The SMILES string of the molecule is CC1CCCC1c1cncc2nc(-c3ccncc3)nc(N)c12. The van der Waals surface area contributed by atoms with E-state index in [9.17, 15) is 0 Å². The van der Waals surface area contributed by atoms with Crippen LogP contribution >= 0.6 is 0 Å². The molecule has 2 N–H and O–H groups in total. The predicted molar refractivity (Wildman–Crippen MR) is 90.7 cm³/mol. The summed E-state index contributed by atoms with van der Waals surface area (Å²) in [5.74, 6) is 2.32. The zero-order valence-corrected chi connectivity index (χ0v) is 13.1. The lowest BCUT2D eigenvalue weighted by molar-refractivity contribution is 0.535. The van der Waals surface area contributed by atoms with E-state index in [1.807, 2.05) is 18.3 Å². The van der Waals surface area contributed by atoms with Crippen LogP contribution in [-0.4, -0.2) is 19.9 Å². The average Bonchev–Trinajstić information content (AvgIpc) is 3.01. The Morgan fingerprint density at radius 3 is 2.61 bits per heavy atom. The molecule has 1 aliphatic carbocycles. The number of nitrogen functional groups attached to an aromatic ring is 1. The van der Waals surface area contributed by atoms with E-state index < -0.39 is 0 Å². The minimum Gasteiger partial charge on any atom is -0.383 e. The monoisotopic (exact) mass is 305 g/mol. The third-order valence-electron chi connectivity index (χ3n) is 4.86. The fourth-order valence-corrected chi connectivity index (χ4v) is 3.66. The van der Waals surface area contributed by atoms with Gasteiger partial charge in [0.05, 0.1) is 11.7 Å². The number of hydrogen-bond acceptors (Lipinski definition) is 5. The molecule has 5 heteroatoms. The molecule has 3 aromatic heterocycles. The Balaban J connectivity index is 1.89. The number of hydrogen-bond donors (Lipinski definition) is 1. The molecule has 3 heterocycles. The van der Waals surface area contributed by atoms with Crippen molar-refractivity contribution in [3.63, 3.8) is 0 Å². The molecular formula is C18H19N5. The molecule has 0 aromatic carbocycles. The lowest BCUT2D eigenvalue weighted by Crippen LogP contribution is -2.07. The quantitative estimate of drug-likeness (QED) is 0.783. The van der Waals surface area contributed by atoms with Crippen LogP contribution in [0.25, 0.3) is 22.3 Å². The van der Waals surface area contributed by atoms with Crippen molar-refractivity contribution in [3.05, 3.63) is 42.5 Å². The molecule has 0 spiro atoms. The summed E-state index contributed by atoms with van der Waals surface area (Å²) in [6.45, 7) is 2.30. The molecule has 0 radical (unpaired) electrons. The van der Waals surface area contributed by atoms with Crippen molar-refractivity contribution >= 4 is 16.7 Å². The van der Waals surface area contributed by atoms with Gasteiger partial charge in [0.15, 0.2) is 5.82 Å². The van der Waals surface area contributed by atoms with Crippen LogP contribution in [0.1, 0.15) is 37.7 Å². The first-order valence-electron chi connectivity index (χ1n) is 8.05. The molecule has 1 aliphatic rings. The van der Waals surface area contributed by atoms with Crippen molar-refractivity contribution in [2.45, 2.75) is 32.1 Å². The number of nitrogens with zero attached hydrogens (tertiary/aromatic N) is 4. The van der Waals surface area contributed by atoms with Gasteiger partial charge in [-0.25, -0.2) is 9.97 Å². The maximum atomic E-state index is 6.31. The second-order valence-corrected chi connectivity index (χ2v) is 6.31. The predicted octanol–water partition coefficient (Wildman–Crippen LogP) is 3.57. The first kappa shape index (κ1) is 14.1. The average molecular weight is 305 g/mol. The Morgan fingerprint density at radius 1 is 1.04 bits per heavy atom. The second kappa shape index (κ2) is 5.57. The molecule has 0 amide bonds. The Hall–Kier alpha value is -2.56. The van der Waals surface area contributed by atoms with Gasteiger partial charge in [-0.2, -0.15) is 0 Å². The molecule has 0 saturated heterocycles. The van der Waals surface area contributed by atoms with Gasteiger partial charge < -0.3 is 5.73 Å². The molecule has 0 bridgehead atoms. The van der Waals surface area contributed by atoms with Crippen molar-refractivity contribution in [2.24, 2.45) is 5.92 Å². The van der Waals surface area contributed by atoms with E-state index >= 15 is 0 Å². The summed E-state index contributed by atoms with van der Waals surface area (Å²) in [6, 6.07) is 3.77. The van der Waals surface area contributed by atoms with Gasteiger partial charge in [-0.15, -0.1) is 0 Å². The highest BCUT2D eigenvalue weighted by Crippen LogP contribution is 2.42. The van der Waals surface area contributed by atoms with Gasteiger partial charge in [0.2, 0.25) is 0 Å². The lowest BCUT2D eigenvalue weighted by atomic mass is 9.89. The highest BCUT2D eigenvalue weighted by atomic mass is 15.0. The Bertz CT molecular complexity index is 847. The molecule has 116 valence electrons. The molecule has 0 aliphatic heterocycles. The van der Waals surface area contributed by atoms with Crippen LogP contribution in [0.3, 0.4) is 0 Å². The Kier molecular flexibility index (Phi) is 3.41. The van der Waals surface area contributed by atoms with Crippen LogP contribution in [0.2, 0.25) is 0 Å². The van der Waals surface area contributed by atoms with Crippen molar-refractivity contribution < 1.29 is 0 Å². The Labute approximate surface area is 135 Å². The van der Waals surface area contributed by atoms with E-state index in [1.165, 1.54) is 24.8 Å². The Morgan fingerprint density at radius 2 is 1.87 bits per heavy atom. The van der Waals surface area contributed by atoms with Crippen LogP contribution in [0.5, 0.6) is 0 Å². The van der Waals surface area contributed by atoms with E-state index in [1.54, 1.807) is 18.6 Å². The van der Waals surface area contributed by atoms with Crippen molar-refractivity contribution in [1.29, 1.82) is 0 Å². The summed E-state index contributed by atoms with van der Waals surface area (Å²) in [7, 11) is 0. The summed E-state index contributed by atoms with van der Waals surface area (Å²) < 4.78 is 0. The van der Waals surface area contributed by atoms with E-state index in [-0.39, 0.29) is 0 Å². The number of rotatable bonds is 2. The molecule has 2 atom stereocenters. The largest absolute Gasteiger partial charge is 0.383 e. The lowest BCUT2D eigenvalue weighted by Gasteiger charge is -2.18. The number of aromatic nitrogens is 4. The molecule has 5 nitrogen and oxygen atoms in total. The number of nitrogens with two attached hydrogens (primary N) is 1. The van der Waals surface area contributed by atoms with E-state index in [2.05, 4.69) is 26.9 Å². The highest BCUT2D eigenvalue weighted by molar-refractivity contribution is 5.92. The second-order valence-electron chi connectivity index (χ2n) is 6.31. The molecule has 1 saturated carbocycles. The zero-order chi connectivity index (χ0) is 15.8. The molecule has 4 rings (SSSR count). The van der Waals surface area contributed by atoms with E-state index in [0.717, 1.165) is 16.5 Å². The maximum absolute atomic E-state index is 6.31. The van der Waals surface area contributed by atoms with E-state index in [0.29, 0.717) is 23.5 Å². The van der Waals surface area contributed by atoms with Gasteiger partial charge in [0.25, 0.3) is 0 Å². The summed E-state index contributed by atoms with van der Waals surface area (Å²) >= 11 is 0. The first-order chi connectivity index (χ1) is 11.2. The summed E-state index contributed by atoms with van der Waals surface area (Å²) in [6.07, 6.45) is 10.9. The van der Waals surface area contributed by atoms with Gasteiger partial charge in [-0.1, -0.05) is 19.8 Å². The van der Waals surface area contributed by atoms with Crippen molar-refractivity contribution in [1.82, 2.24) is 19.9 Å². The fraction of sp³-hybridized carbons (Fsp3) is 0.333.